The van der Waals surface area contributed by atoms with E-state index in [0.29, 0.717) is 0 Å². The zero-order chi connectivity index (χ0) is 7.49. The summed E-state index contributed by atoms with van der Waals surface area (Å²) in [6.45, 7) is 1.77. The van der Waals surface area contributed by atoms with E-state index in [9.17, 15) is 0 Å². The van der Waals surface area contributed by atoms with Crippen LogP contribution in [-0.4, -0.2) is 4.33 Å². The van der Waals surface area contributed by atoms with Crippen LogP contribution in [0.4, 0.5) is 0 Å². The number of allylic oxidation sites excluding steroid dienone is 2. The summed E-state index contributed by atoms with van der Waals surface area (Å²) in [6, 6.07) is 0. The fraction of sp³-hybridized carbons (Fsp3) is 0.400. The van der Waals surface area contributed by atoms with Crippen molar-refractivity contribution in [1.29, 1.82) is 0 Å². The first-order chi connectivity index (χ1) is 4.00. The van der Waals surface area contributed by atoms with Crippen LogP contribution in [0.5, 0.6) is 0 Å². The minimum absolute atomic E-state index is 0.0658. The van der Waals surface area contributed by atoms with Crippen LogP contribution < -0.4 is 0 Å². The molecule has 0 aromatic carbocycles. The minimum Gasteiger partial charge on any atom is -0.0944 e. The fourth-order valence-corrected chi connectivity index (χ4v) is 0.650. The average Bonchev–Trinajstić information content (AvgIpc) is 1.65. The van der Waals surface area contributed by atoms with Gasteiger partial charge >= 0.3 is 0 Å². The zero-order valence-electron chi connectivity index (χ0n) is 4.67. The SMILES string of the molecule is CC=CC(Cl)(Cl)[C](Cl)Cl. The maximum Gasteiger partial charge on any atom is 0.190 e. The third-order valence-electron chi connectivity index (χ3n) is 0.628. The van der Waals surface area contributed by atoms with Gasteiger partial charge in [-0.05, 0) is 13.0 Å². The highest BCUT2D eigenvalue weighted by atomic mass is 35.5. The van der Waals surface area contributed by atoms with E-state index >= 15 is 0 Å². The van der Waals surface area contributed by atoms with Crippen molar-refractivity contribution in [3.05, 3.63) is 17.0 Å². The van der Waals surface area contributed by atoms with Crippen molar-refractivity contribution in [2.24, 2.45) is 0 Å². The Morgan fingerprint density at radius 2 is 1.78 bits per heavy atom. The monoisotopic (exact) mass is 205 g/mol. The van der Waals surface area contributed by atoms with Crippen LogP contribution >= 0.6 is 46.4 Å². The summed E-state index contributed by atoms with van der Waals surface area (Å²) < 4.78 is -1.24. The normalized spacial score (nSPS) is 13.6. The lowest BCUT2D eigenvalue weighted by Gasteiger charge is -2.13. The predicted molar refractivity (Wildman–Crippen MR) is 44.2 cm³/mol. The van der Waals surface area contributed by atoms with Gasteiger partial charge in [-0.25, -0.2) is 0 Å². The molecule has 0 spiro atoms. The molecule has 1 radical (unpaired) electrons. The van der Waals surface area contributed by atoms with Crippen molar-refractivity contribution >= 4 is 46.4 Å². The summed E-state index contributed by atoms with van der Waals surface area (Å²) in [5.74, 6) is 0. The van der Waals surface area contributed by atoms with E-state index in [4.69, 9.17) is 46.4 Å². The molecule has 9 heavy (non-hydrogen) atoms. The van der Waals surface area contributed by atoms with Crippen molar-refractivity contribution in [1.82, 2.24) is 0 Å². The Hall–Kier alpha value is 0.900. The van der Waals surface area contributed by atoms with Gasteiger partial charge in [0.25, 0.3) is 0 Å². The maximum absolute atomic E-state index is 5.55. The van der Waals surface area contributed by atoms with E-state index in [-0.39, 0.29) is 4.84 Å². The summed E-state index contributed by atoms with van der Waals surface area (Å²) >= 11 is 21.7. The van der Waals surface area contributed by atoms with Gasteiger partial charge in [-0.15, -0.1) is 0 Å². The van der Waals surface area contributed by atoms with E-state index in [0.717, 1.165) is 0 Å². The lowest BCUT2D eigenvalue weighted by Crippen LogP contribution is -2.10. The molecule has 0 unspecified atom stereocenters. The summed E-state index contributed by atoms with van der Waals surface area (Å²) in [7, 11) is 0. The lowest BCUT2D eigenvalue weighted by molar-refractivity contribution is 1.19. The zero-order valence-corrected chi connectivity index (χ0v) is 7.69. The molecule has 0 heterocycles. The molecule has 0 aromatic rings. The van der Waals surface area contributed by atoms with Crippen molar-refractivity contribution < 1.29 is 0 Å². The molecule has 0 saturated carbocycles. The van der Waals surface area contributed by atoms with Crippen LogP contribution in [0, 0.1) is 4.84 Å². The Labute approximate surface area is 74.7 Å². The summed E-state index contributed by atoms with van der Waals surface area (Å²) in [4.78, 5) is -0.0658. The largest absolute Gasteiger partial charge is 0.190 e. The van der Waals surface area contributed by atoms with E-state index in [1.807, 2.05) is 0 Å². The van der Waals surface area contributed by atoms with Gasteiger partial charge < -0.3 is 0 Å². The molecule has 0 nitrogen and oxygen atoms in total. The van der Waals surface area contributed by atoms with Crippen molar-refractivity contribution in [2.75, 3.05) is 0 Å². The number of hydrogen-bond acceptors (Lipinski definition) is 0. The lowest BCUT2D eigenvalue weighted by atomic mass is 10.4. The molecule has 0 fully saturated rings. The number of hydrogen-bond donors (Lipinski definition) is 0. The van der Waals surface area contributed by atoms with E-state index < -0.39 is 4.33 Å². The molecule has 0 aromatic heterocycles. The molecule has 0 aliphatic heterocycles. The first-order valence-electron chi connectivity index (χ1n) is 2.21. The molecule has 4 heteroatoms. The fourth-order valence-electron chi connectivity index (χ4n) is 0.272. The van der Waals surface area contributed by atoms with Gasteiger partial charge in [0.2, 0.25) is 0 Å². The van der Waals surface area contributed by atoms with Gasteiger partial charge in [0, 0.05) is 0 Å². The van der Waals surface area contributed by atoms with Crippen LogP contribution in [0.2, 0.25) is 0 Å². The second-order valence-electron chi connectivity index (χ2n) is 1.38. The van der Waals surface area contributed by atoms with Crippen LogP contribution in [0.25, 0.3) is 0 Å². The highest BCUT2D eigenvalue weighted by Crippen LogP contribution is 2.39. The molecule has 0 aliphatic rings. The van der Waals surface area contributed by atoms with Crippen LogP contribution in [0.3, 0.4) is 0 Å². The highest BCUT2D eigenvalue weighted by molar-refractivity contribution is 6.66. The molecule has 0 bridgehead atoms. The van der Waals surface area contributed by atoms with E-state index in [1.165, 1.54) is 6.08 Å². The first-order valence-corrected chi connectivity index (χ1v) is 3.72. The standard InChI is InChI=1S/C5H5Cl4/c1-2-3-5(8,9)4(6)7/h2-3H,1H3. The van der Waals surface area contributed by atoms with Gasteiger partial charge in [-0.3, -0.25) is 0 Å². The molecule has 0 aliphatic carbocycles. The predicted octanol–water partition coefficient (Wildman–Crippen LogP) is 3.70. The summed E-state index contributed by atoms with van der Waals surface area (Å²) in [6.07, 6.45) is 3.16. The minimum atomic E-state index is -1.24. The molecular weight excluding hydrogens is 202 g/mol. The maximum atomic E-state index is 5.55. The van der Waals surface area contributed by atoms with Gasteiger partial charge in [-0.1, -0.05) is 52.5 Å². The highest BCUT2D eigenvalue weighted by Gasteiger charge is 2.29. The molecule has 0 rings (SSSR count). The van der Waals surface area contributed by atoms with Crippen molar-refractivity contribution in [2.45, 2.75) is 11.3 Å². The Balaban J connectivity index is 4.01. The Morgan fingerprint density at radius 3 is 1.89 bits per heavy atom. The molecule has 0 N–H and O–H groups in total. The number of halogens is 4. The smallest absolute Gasteiger partial charge is 0.0944 e. The van der Waals surface area contributed by atoms with Gasteiger partial charge in [0.05, 0.1) is 0 Å². The van der Waals surface area contributed by atoms with Gasteiger partial charge in [-0.2, -0.15) is 0 Å². The first kappa shape index (κ1) is 9.90. The average molecular weight is 207 g/mol. The summed E-state index contributed by atoms with van der Waals surface area (Å²) in [5, 5.41) is 0. The third kappa shape index (κ3) is 3.57. The topological polar surface area (TPSA) is 0 Å². The molecule has 53 valence electrons. The van der Waals surface area contributed by atoms with E-state index in [2.05, 4.69) is 0 Å². The molecule has 0 atom stereocenters. The summed E-state index contributed by atoms with van der Waals surface area (Å²) in [5.41, 5.74) is 0. The van der Waals surface area contributed by atoms with E-state index in [1.54, 1.807) is 13.0 Å². The van der Waals surface area contributed by atoms with Crippen LogP contribution in [0.1, 0.15) is 6.92 Å². The number of alkyl halides is 2. The molecule has 0 amide bonds. The Morgan fingerprint density at radius 1 is 1.33 bits per heavy atom. The molecular formula is C5H5Cl4. The van der Waals surface area contributed by atoms with Gasteiger partial charge in [0.15, 0.2) is 9.17 Å². The van der Waals surface area contributed by atoms with Crippen molar-refractivity contribution in [3.8, 4) is 0 Å². The quantitative estimate of drug-likeness (QED) is 0.478. The number of rotatable bonds is 2. The van der Waals surface area contributed by atoms with Crippen LogP contribution in [0.15, 0.2) is 12.2 Å². The Kier molecular flexibility index (Phi) is 4.31. The second kappa shape index (κ2) is 3.92. The molecule has 0 saturated heterocycles. The second-order valence-corrected chi connectivity index (χ2v) is 3.72. The third-order valence-corrected chi connectivity index (χ3v) is 2.24. The van der Waals surface area contributed by atoms with Crippen LogP contribution in [-0.2, 0) is 0 Å². The Bertz CT molecular complexity index is 106. The van der Waals surface area contributed by atoms with Crippen molar-refractivity contribution in [3.63, 3.8) is 0 Å². The van der Waals surface area contributed by atoms with Gasteiger partial charge in [0.1, 0.15) is 0 Å².